The van der Waals surface area contributed by atoms with Gasteiger partial charge in [0.05, 0.1) is 5.56 Å². The van der Waals surface area contributed by atoms with Gasteiger partial charge in [-0.3, -0.25) is 10.3 Å². The van der Waals surface area contributed by atoms with Crippen LogP contribution >= 0.6 is 11.3 Å². The van der Waals surface area contributed by atoms with Crippen molar-refractivity contribution >= 4 is 23.2 Å². The Hall–Kier alpha value is -4.07. The molecule has 10 nitrogen and oxygen atoms in total. The van der Waals surface area contributed by atoms with Gasteiger partial charge in [0.1, 0.15) is 10.8 Å². The van der Waals surface area contributed by atoms with Crippen LogP contribution in [0.5, 0.6) is 0 Å². The minimum atomic E-state index is -4.61. The van der Waals surface area contributed by atoms with Crippen molar-refractivity contribution in [3.8, 4) is 33.2 Å². The van der Waals surface area contributed by atoms with Crippen LogP contribution in [0.1, 0.15) is 18.5 Å². The Morgan fingerprint density at radius 3 is 2.66 bits per heavy atom. The molecule has 14 heteroatoms. The Balaban J connectivity index is 1.53. The number of alkyl halides is 3. The molecule has 0 aliphatic heterocycles. The highest BCUT2D eigenvalue weighted by molar-refractivity contribution is 7.13. The number of anilines is 1. The van der Waals surface area contributed by atoms with Crippen molar-refractivity contribution < 1.29 is 22.4 Å². The SMILES string of the molecule is O=C(NCC1CC1)Nc1cc(-c2nc(C(F)(F)F)cs2)c(-c2cncc(-c3n[nH]c(=O)o3)c2)cn1. The molecule has 0 unspecified atom stereocenters. The normalized spacial score (nSPS) is 13.6. The minimum Gasteiger partial charge on any atom is -0.388 e. The van der Waals surface area contributed by atoms with Crippen LogP contribution in [-0.4, -0.2) is 37.7 Å². The van der Waals surface area contributed by atoms with E-state index in [2.05, 4.69) is 35.8 Å². The van der Waals surface area contributed by atoms with Crippen LogP contribution in [0.3, 0.4) is 0 Å². The molecule has 4 aromatic heterocycles. The first-order valence-corrected chi connectivity index (χ1v) is 11.2. The molecule has 35 heavy (non-hydrogen) atoms. The van der Waals surface area contributed by atoms with Gasteiger partial charge in [0, 0.05) is 47.2 Å². The van der Waals surface area contributed by atoms with Gasteiger partial charge in [-0.25, -0.2) is 24.7 Å². The highest BCUT2D eigenvalue weighted by atomic mass is 32.1. The molecule has 0 atom stereocenters. The van der Waals surface area contributed by atoms with Crippen molar-refractivity contribution in [2.24, 2.45) is 5.92 Å². The molecule has 180 valence electrons. The lowest BCUT2D eigenvalue weighted by molar-refractivity contribution is -0.140. The van der Waals surface area contributed by atoms with Gasteiger partial charge < -0.3 is 9.73 Å². The fourth-order valence-corrected chi connectivity index (χ4v) is 4.09. The maximum Gasteiger partial charge on any atom is 0.434 e. The molecule has 1 fully saturated rings. The first-order valence-electron chi connectivity index (χ1n) is 10.4. The van der Waals surface area contributed by atoms with E-state index in [9.17, 15) is 22.8 Å². The summed E-state index contributed by atoms with van der Waals surface area (Å²) in [5.74, 6) is -0.131. The standard InChI is InChI=1S/C21H16F3N7O3S/c22-21(23,24)15-9-35-18(28-15)13-4-16(29-19(32)27-5-10-1-2-10)26-8-14(13)11-3-12(7-25-6-11)17-30-31-20(33)34-17/h3-4,6-10H,1-2,5H2,(H,31,33)(H2,26,27,29,32). The summed E-state index contributed by atoms with van der Waals surface area (Å²) < 4.78 is 44.6. The lowest BCUT2D eigenvalue weighted by atomic mass is 10.0. The zero-order valence-electron chi connectivity index (χ0n) is 17.7. The third kappa shape index (κ3) is 5.21. The van der Waals surface area contributed by atoms with E-state index >= 15 is 0 Å². The van der Waals surface area contributed by atoms with Crippen LogP contribution in [0.15, 0.2) is 45.3 Å². The van der Waals surface area contributed by atoms with Crippen molar-refractivity contribution in [3.05, 3.63) is 52.3 Å². The summed E-state index contributed by atoms with van der Waals surface area (Å²) in [6.45, 7) is 0.542. The number of halogens is 3. The van der Waals surface area contributed by atoms with Gasteiger partial charge in [-0.15, -0.1) is 16.4 Å². The second kappa shape index (κ2) is 8.94. The number of urea groups is 1. The molecule has 0 bridgehead atoms. The molecule has 0 radical (unpaired) electrons. The highest BCUT2D eigenvalue weighted by Gasteiger charge is 2.34. The molecule has 4 aromatic rings. The summed E-state index contributed by atoms with van der Waals surface area (Å²) in [6, 6.07) is 2.59. The van der Waals surface area contributed by atoms with E-state index in [4.69, 9.17) is 4.42 Å². The fourth-order valence-electron chi connectivity index (χ4n) is 3.24. The average molecular weight is 503 g/mol. The topological polar surface area (TPSA) is 139 Å². The smallest absolute Gasteiger partial charge is 0.388 e. The number of H-pyrrole nitrogens is 1. The first kappa shape index (κ1) is 22.7. The Morgan fingerprint density at radius 2 is 1.97 bits per heavy atom. The predicted molar refractivity (Wildman–Crippen MR) is 119 cm³/mol. The van der Waals surface area contributed by atoms with Gasteiger partial charge >= 0.3 is 18.0 Å². The first-order chi connectivity index (χ1) is 16.8. The fraction of sp³-hybridized carbons (Fsp3) is 0.238. The summed E-state index contributed by atoms with van der Waals surface area (Å²) in [5, 5.41) is 12.3. The Labute approximate surface area is 198 Å². The zero-order valence-corrected chi connectivity index (χ0v) is 18.5. The zero-order chi connectivity index (χ0) is 24.6. The van der Waals surface area contributed by atoms with E-state index in [0.717, 1.165) is 29.6 Å². The van der Waals surface area contributed by atoms with Crippen LogP contribution < -0.4 is 16.4 Å². The van der Waals surface area contributed by atoms with Crippen LogP contribution in [0.4, 0.5) is 23.8 Å². The summed E-state index contributed by atoms with van der Waals surface area (Å²) in [6.07, 6.45) is 1.83. The molecular weight excluding hydrogens is 487 g/mol. The van der Waals surface area contributed by atoms with Crippen molar-refractivity contribution in [3.63, 3.8) is 0 Å². The average Bonchev–Trinajstić information content (AvgIpc) is 3.32. The Morgan fingerprint density at radius 1 is 1.17 bits per heavy atom. The molecule has 1 aliphatic rings. The number of hydrogen-bond donors (Lipinski definition) is 3. The second-order valence-electron chi connectivity index (χ2n) is 7.81. The highest BCUT2D eigenvalue weighted by Crippen LogP contribution is 2.38. The van der Waals surface area contributed by atoms with Gasteiger partial charge in [0.15, 0.2) is 5.69 Å². The van der Waals surface area contributed by atoms with Crippen molar-refractivity contribution in [1.29, 1.82) is 0 Å². The lowest BCUT2D eigenvalue weighted by Gasteiger charge is -2.12. The Kier molecular flexibility index (Phi) is 5.80. The van der Waals surface area contributed by atoms with Crippen molar-refractivity contribution in [1.82, 2.24) is 30.5 Å². The molecule has 0 saturated heterocycles. The third-order valence-corrected chi connectivity index (χ3v) is 6.03. The quantitative estimate of drug-likeness (QED) is 0.359. The van der Waals surface area contributed by atoms with Gasteiger partial charge in [0.2, 0.25) is 0 Å². The summed E-state index contributed by atoms with van der Waals surface area (Å²) in [7, 11) is 0. The summed E-state index contributed by atoms with van der Waals surface area (Å²) in [5.41, 5.74) is 0.513. The molecule has 3 N–H and O–H groups in total. The number of thiazole rings is 1. The molecule has 5 rings (SSSR count). The van der Waals surface area contributed by atoms with Crippen LogP contribution in [-0.2, 0) is 6.18 Å². The largest absolute Gasteiger partial charge is 0.434 e. The molecule has 1 aliphatic carbocycles. The molecule has 4 heterocycles. The number of carbonyl (C=O) groups is 1. The Bertz CT molecular complexity index is 1440. The van der Waals surface area contributed by atoms with Crippen LogP contribution in [0.25, 0.3) is 33.2 Å². The number of hydrogen-bond acceptors (Lipinski definition) is 8. The molecule has 1 saturated carbocycles. The molecule has 0 spiro atoms. The lowest BCUT2D eigenvalue weighted by Crippen LogP contribution is -2.30. The maximum atomic E-state index is 13.2. The van der Waals surface area contributed by atoms with Gasteiger partial charge in [-0.2, -0.15) is 13.2 Å². The molecule has 0 aromatic carbocycles. The summed E-state index contributed by atoms with van der Waals surface area (Å²) in [4.78, 5) is 35.6. The van der Waals surface area contributed by atoms with E-state index in [-0.39, 0.29) is 16.7 Å². The number of nitrogens with one attached hydrogen (secondary N) is 3. The van der Waals surface area contributed by atoms with E-state index in [1.54, 1.807) is 6.07 Å². The number of nitrogens with zero attached hydrogens (tertiary/aromatic N) is 4. The second-order valence-corrected chi connectivity index (χ2v) is 8.67. The number of aromatic amines is 1. The monoisotopic (exact) mass is 503 g/mol. The van der Waals surface area contributed by atoms with Crippen molar-refractivity contribution in [2.45, 2.75) is 19.0 Å². The molecular formula is C21H16F3N7O3S. The third-order valence-electron chi connectivity index (χ3n) is 5.15. The van der Waals surface area contributed by atoms with Crippen LogP contribution in [0.2, 0.25) is 0 Å². The van der Waals surface area contributed by atoms with Gasteiger partial charge in [-0.05, 0) is 30.9 Å². The minimum absolute atomic E-state index is 0.00177. The number of aromatic nitrogens is 5. The predicted octanol–water partition coefficient (Wildman–Crippen LogP) is 4.16. The number of rotatable bonds is 6. The number of amides is 2. The maximum absolute atomic E-state index is 13.2. The van der Waals surface area contributed by atoms with Crippen molar-refractivity contribution in [2.75, 3.05) is 11.9 Å². The van der Waals surface area contributed by atoms with Gasteiger partial charge in [0.25, 0.3) is 5.89 Å². The number of carbonyl (C=O) groups excluding carboxylic acids is 1. The van der Waals surface area contributed by atoms with E-state index < -0.39 is 23.7 Å². The molecule has 2 amide bonds. The van der Waals surface area contributed by atoms with E-state index in [0.29, 0.717) is 34.7 Å². The van der Waals surface area contributed by atoms with Gasteiger partial charge in [-0.1, -0.05) is 0 Å². The number of pyridine rings is 2. The van der Waals surface area contributed by atoms with E-state index in [1.165, 1.54) is 24.7 Å². The van der Waals surface area contributed by atoms with E-state index in [1.807, 2.05) is 0 Å². The summed E-state index contributed by atoms with van der Waals surface area (Å²) >= 11 is 0.807. The van der Waals surface area contributed by atoms with Crippen LogP contribution in [0, 0.1) is 5.92 Å².